The van der Waals surface area contributed by atoms with E-state index in [4.69, 9.17) is 10.5 Å². The molecule has 0 spiro atoms. The van der Waals surface area contributed by atoms with E-state index in [-0.39, 0.29) is 12.5 Å². The second kappa shape index (κ2) is 8.41. The maximum absolute atomic E-state index is 12.5. The number of halogens is 3. The molecule has 4 nitrogen and oxygen atoms in total. The molecular weight excluding hydrogens is 331 g/mol. The summed E-state index contributed by atoms with van der Waals surface area (Å²) in [6.07, 6.45) is -3.57. The van der Waals surface area contributed by atoms with Gasteiger partial charge in [0.1, 0.15) is 5.75 Å². The Balaban J connectivity index is 1.79. The SMILES string of the molecule is COc1ccc(CCNC(N)=NCc2ccc(C(F)(F)F)cc2)cc1. The van der Waals surface area contributed by atoms with Gasteiger partial charge in [-0.1, -0.05) is 24.3 Å². The first-order chi connectivity index (χ1) is 11.9. The summed E-state index contributed by atoms with van der Waals surface area (Å²) in [6.45, 7) is 0.828. The molecule has 0 radical (unpaired) electrons. The van der Waals surface area contributed by atoms with Gasteiger partial charge >= 0.3 is 6.18 Å². The maximum Gasteiger partial charge on any atom is 0.416 e. The lowest BCUT2D eigenvalue weighted by Crippen LogP contribution is -2.33. The number of nitrogens with two attached hydrogens (primary N) is 1. The van der Waals surface area contributed by atoms with Crippen molar-refractivity contribution >= 4 is 5.96 Å². The highest BCUT2D eigenvalue weighted by molar-refractivity contribution is 5.77. The molecule has 2 aromatic carbocycles. The molecule has 0 unspecified atom stereocenters. The van der Waals surface area contributed by atoms with Crippen LogP contribution >= 0.6 is 0 Å². The van der Waals surface area contributed by atoms with E-state index in [9.17, 15) is 13.2 Å². The summed E-state index contributed by atoms with van der Waals surface area (Å²) in [7, 11) is 1.62. The Morgan fingerprint density at radius 3 is 2.20 bits per heavy atom. The molecule has 0 saturated carbocycles. The number of hydrogen-bond donors (Lipinski definition) is 2. The molecule has 134 valence electrons. The molecule has 0 amide bonds. The normalized spacial score (nSPS) is 12.1. The van der Waals surface area contributed by atoms with Crippen LogP contribution in [0.5, 0.6) is 5.75 Å². The minimum absolute atomic E-state index is 0.222. The van der Waals surface area contributed by atoms with Crippen LogP contribution in [0.3, 0.4) is 0 Å². The van der Waals surface area contributed by atoms with Gasteiger partial charge in [-0.05, 0) is 41.8 Å². The van der Waals surface area contributed by atoms with Gasteiger partial charge in [0.15, 0.2) is 5.96 Å². The van der Waals surface area contributed by atoms with Crippen molar-refractivity contribution in [3.05, 3.63) is 65.2 Å². The van der Waals surface area contributed by atoms with Crippen LogP contribution in [0.15, 0.2) is 53.5 Å². The van der Waals surface area contributed by atoms with Gasteiger partial charge in [0.2, 0.25) is 0 Å². The highest BCUT2D eigenvalue weighted by atomic mass is 19.4. The Bertz CT molecular complexity index is 695. The lowest BCUT2D eigenvalue weighted by Gasteiger charge is -2.08. The minimum Gasteiger partial charge on any atom is -0.497 e. The first kappa shape index (κ1) is 18.6. The number of nitrogens with one attached hydrogen (secondary N) is 1. The Kier molecular flexibility index (Phi) is 6.27. The molecular formula is C18H20F3N3O. The monoisotopic (exact) mass is 351 g/mol. The Morgan fingerprint density at radius 2 is 1.64 bits per heavy atom. The average Bonchev–Trinajstić information content (AvgIpc) is 2.60. The van der Waals surface area contributed by atoms with Crippen LogP contribution in [0.25, 0.3) is 0 Å². The third kappa shape index (κ3) is 6.02. The summed E-state index contributed by atoms with van der Waals surface area (Å²) in [5.41, 5.74) is 6.88. The van der Waals surface area contributed by atoms with Crippen LogP contribution in [0.4, 0.5) is 13.2 Å². The zero-order valence-electron chi connectivity index (χ0n) is 13.8. The van der Waals surface area contributed by atoms with E-state index < -0.39 is 11.7 Å². The van der Waals surface area contributed by atoms with Crippen LogP contribution in [0.2, 0.25) is 0 Å². The molecule has 2 rings (SSSR count). The number of guanidine groups is 1. The van der Waals surface area contributed by atoms with Crippen LogP contribution in [0, 0.1) is 0 Å². The van der Waals surface area contributed by atoms with E-state index >= 15 is 0 Å². The smallest absolute Gasteiger partial charge is 0.416 e. The molecule has 3 N–H and O–H groups in total. The minimum atomic E-state index is -4.33. The lowest BCUT2D eigenvalue weighted by atomic mass is 10.1. The maximum atomic E-state index is 12.5. The molecule has 7 heteroatoms. The van der Waals surface area contributed by atoms with Crippen LogP contribution in [-0.4, -0.2) is 19.6 Å². The Hall–Kier alpha value is -2.70. The fraction of sp³-hybridized carbons (Fsp3) is 0.278. The summed E-state index contributed by atoms with van der Waals surface area (Å²) >= 11 is 0. The average molecular weight is 351 g/mol. The van der Waals surface area contributed by atoms with Crippen molar-refractivity contribution < 1.29 is 17.9 Å². The Labute approximate surface area is 144 Å². The predicted octanol–water partition coefficient (Wildman–Crippen LogP) is 3.36. The molecule has 0 bridgehead atoms. The van der Waals surface area contributed by atoms with Gasteiger partial charge in [-0.25, -0.2) is 4.99 Å². The number of rotatable bonds is 6. The molecule has 2 aromatic rings. The number of nitrogens with zero attached hydrogens (tertiary/aromatic N) is 1. The summed E-state index contributed by atoms with van der Waals surface area (Å²) < 4.78 is 42.6. The molecule has 0 aliphatic heterocycles. The molecule has 25 heavy (non-hydrogen) atoms. The van der Waals surface area contributed by atoms with Gasteiger partial charge in [-0.15, -0.1) is 0 Å². The number of ether oxygens (including phenoxy) is 1. The molecule has 0 fully saturated rings. The van der Waals surface area contributed by atoms with E-state index in [0.29, 0.717) is 12.1 Å². The standard InChI is InChI=1S/C18H20F3N3O/c1-25-16-8-4-13(5-9-16)10-11-23-17(22)24-12-14-2-6-15(7-3-14)18(19,20)21/h2-9H,10-12H2,1H3,(H3,22,23,24). The van der Waals surface area contributed by atoms with E-state index in [2.05, 4.69) is 10.3 Å². The third-order valence-electron chi connectivity index (χ3n) is 3.59. The zero-order chi connectivity index (χ0) is 18.3. The van der Waals surface area contributed by atoms with E-state index in [1.807, 2.05) is 24.3 Å². The number of benzene rings is 2. The number of hydrogen-bond acceptors (Lipinski definition) is 2. The van der Waals surface area contributed by atoms with Crippen LogP contribution < -0.4 is 15.8 Å². The number of methoxy groups -OCH3 is 1. The van der Waals surface area contributed by atoms with Crippen molar-refractivity contribution in [1.82, 2.24) is 5.32 Å². The largest absolute Gasteiger partial charge is 0.497 e. The summed E-state index contributed by atoms with van der Waals surface area (Å²) in [4.78, 5) is 4.13. The molecule has 0 atom stereocenters. The van der Waals surface area contributed by atoms with Gasteiger partial charge in [-0.3, -0.25) is 0 Å². The second-order valence-electron chi connectivity index (χ2n) is 5.42. The van der Waals surface area contributed by atoms with Gasteiger partial charge in [0.25, 0.3) is 0 Å². The predicted molar refractivity (Wildman–Crippen MR) is 91.5 cm³/mol. The van der Waals surface area contributed by atoms with Crippen molar-refractivity contribution in [3.63, 3.8) is 0 Å². The topological polar surface area (TPSA) is 59.6 Å². The Morgan fingerprint density at radius 1 is 1.04 bits per heavy atom. The second-order valence-corrected chi connectivity index (χ2v) is 5.42. The van der Waals surface area contributed by atoms with Crippen molar-refractivity contribution in [3.8, 4) is 5.75 Å². The highest BCUT2D eigenvalue weighted by Gasteiger charge is 2.29. The van der Waals surface area contributed by atoms with E-state index in [1.165, 1.54) is 12.1 Å². The molecule has 0 heterocycles. The van der Waals surface area contributed by atoms with Gasteiger partial charge < -0.3 is 15.8 Å². The number of alkyl halides is 3. The van der Waals surface area contributed by atoms with E-state index in [1.54, 1.807) is 7.11 Å². The summed E-state index contributed by atoms with van der Waals surface area (Å²) in [6, 6.07) is 12.6. The quantitative estimate of drug-likeness (QED) is 0.620. The van der Waals surface area contributed by atoms with Crippen LogP contribution in [0.1, 0.15) is 16.7 Å². The third-order valence-corrected chi connectivity index (χ3v) is 3.59. The number of aliphatic imine (C=N–C) groups is 1. The molecule has 0 aromatic heterocycles. The van der Waals surface area contributed by atoms with Gasteiger partial charge in [-0.2, -0.15) is 13.2 Å². The van der Waals surface area contributed by atoms with Crippen molar-refractivity contribution in [1.29, 1.82) is 0 Å². The van der Waals surface area contributed by atoms with Crippen molar-refractivity contribution in [2.45, 2.75) is 19.1 Å². The first-order valence-corrected chi connectivity index (χ1v) is 7.71. The van der Waals surface area contributed by atoms with Crippen molar-refractivity contribution in [2.75, 3.05) is 13.7 Å². The molecule has 0 saturated heterocycles. The van der Waals surface area contributed by atoms with Gasteiger partial charge in [0.05, 0.1) is 19.2 Å². The fourth-order valence-corrected chi connectivity index (χ4v) is 2.16. The summed E-state index contributed by atoms with van der Waals surface area (Å²) in [5.74, 6) is 1.06. The van der Waals surface area contributed by atoms with E-state index in [0.717, 1.165) is 29.9 Å². The van der Waals surface area contributed by atoms with Crippen LogP contribution in [-0.2, 0) is 19.1 Å². The fourth-order valence-electron chi connectivity index (χ4n) is 2.16. The highest BCUT2D eigenvalue weighted by Crippen LogP contribution is 2.29. The first-order valence-electron chi connectivity index (χ1n) is 7.71. The van der Waals surface area contributed by atoms with Gasteiger partial charge in [0, 0.05) is 6.54 Å². The van der Waals surface area contributed by atoms with Crippen molar-refractivity contribution in [2.24, 2.45) is 10.7 Å². The molecule has 0 aliphatic carbocycles. The molecule has 0 aliphatic rings. The summed E-state index contributed by atoms with van der Waals surface area (Å²) in [5, 5.41) is 2.98. The lowest BCUT2D eigenvalue weighted by molar-refractivity contribution is -0.137. The zero-order valence-corrected chi connectivity index (χ0v) is 13.8.